The van der Waals surface area contributed by atoms with Gasteiger partial charge in [0.15, 0.2) is 0 Å². The summed E-state index contributed by atoms with van der Waals surface area (Å²) in [6.45, 7) is 0. The summed E-state index contributed by atoms with van der Waals surface area (Å²) in [5.41, 5.74) is 16.9. The van der Waals surface area contributed by atoms with Crippen molar-refractivity contribution in [3.8, 4) is 55.9 Å². The van der Waals surface area contributed by atoms with E-state index in [1.807, 2.05) is 0 Å². The Morgan fingerprint density at radius 3 is 1.10 bits per heavy atom. The highest BCUT2D eigenvalue weighted by Crippen LogP contribution is 2.53. The topological polar surface area (TPSA) is 9.86 Å². The van der Waals surface area contributed by atoms with Crippen molar-refractivity contribution in [3.05, 3.63) is 218 Å². The average Bonchev–Trinajstić information content (AvgIpc) is 3.86. The molecule has 11 aromatic carbocycles. The molecule has 2 aromatic heterocycles. The molecule has 0 saturated heterocycles. The Morgan fingerprint density at radius 1 is 0.210 bits per heavy atom. The third kappa shape index (κ3) is 4.53. The minimum Gasteiger partial charge on any atom is -0.309 e. The van der Waals surface area contributed by atoms with E-state index in [0.717, 1.165) is 11.4 Å². The molecule has 2 heteroatoms. The highest BCUT2D eigenvalue weighted by Gasteiger charge is 2.28. The molecule has 0 unspecified atom stereocenters. The van der Waals surface area contributed by atoms with E-state index in [2.05, 4.69) is 228 Å². The first-order valence-corrected chi connectivity index (χ1v) is 21.5. The molecule has 0 atom stereocenters. The van der Waals surface area contributed by atoms with E-state index in [9.17, 15) is 0 Å². The molecule has 13 aromatic rings. The van der Waals surface area contributed by atoms with E-state index in [4.69, 9.17) is 0 Å². The van der Waals surface area contributed by atoms with Crippen molar-refractivity contribution >= 4 is 75.9 Å². The van der Waals surface area contributed by atoms with Crippen molar-refractivity contribution in [3.63, 3.8) is 0 Å². The molecule has 0 bridgehead atoms. The predicted molar refractivity (Wildman–Crippen MR) is 263 cm³/mol. The monoisotopic (exact) mass is 784 g/mol. The molecule has 2 nitrogen and oxygen atoms in total. The molecule has 0 amide bonds. The first-order chi connectivity index (χ1) is 30.8. The van der Waals surface area contributed by atoms with Crippen LogP contribution in [0.1, 0.15) is 0 Å². The summed E-state index contributed by atoms with van der Waals surface area (Å²) in [4.78, 5) is 0. The molecular formula is C60H36N2. The van der Waals surface area contributed by atoms with Crippen LogP contribution in [0.3, 0.4) is 0 Å². The molecule has 1 aliphatic carbocycles. The molecule has 62 heavy (non-hydrogen) atoms. The summed E-state index contributed by atoms with van der Waals surface area (Å²) < 4.78 is 4.97. The molecule has 0 aliphatic heterocycles. The van der Waals surface area contributed by atoms with Crippen molar-refractivity contribution in [2.45, 2.75) is 0 Å². The second kappa shape index (κ2) is 12.7. The minimum absolute atomic E-state index is 1.14. The van der Waals surface area contributed by atoms with Gasteiger partial charge in [-0.25, -0.2) is 0 Å². The Kier molecular flexibility index (Phi) is 6.86. The molecule has 0 spiro atoms. The summed E-state index contributed by atoms with van der Waals surface area (Å²) in [7, 11) is 0. The Hall–Kier alpha value is -8.20. The number of hydrogen-bond acceptors (Lipinski definition) is 0. The second-order valence-electron chi connectivity index (χ2n) is 16.7. The van der Waals surface area contributed by atoms with E-state index in [-0.39, 0.29) is 0 Å². The van der Waals surface area contributed by atoms with E-state index < -0.39 is 0 Å². The van der Waals surface area contributed by atoms with Crippen LogP contribution in [0.25, 0.3) is 132 Å². The van der Waals surface area contributed by atoms with Gasteiger partial charge in [-0.3, -0.25) is 0 Å². The highest BCUT2D eigenvalue weighted by molar-refractivity contribution is 6.27. The molecule has 0 saturated carbocycles. The fraction of sp³-hybridized carbons (Fsp3) is 0. The highest BCUT2D eigenvalue weighted by atomic mass is 15.0. The first kappa shape index (κ1) is 33.6. The van der Waals surface area contributed by atoms with Crippen molar-refractivity contribution < 1.29 is 0 Å². The lowest BCUT2D eigenvalue weighted by atomic mass is 9.78. The number of rotatable bonds is 2. The van der Waals surface area contributed by atoms with E-state index in [0.29, 0.717) is 0 Å². The number of hydrogen-bond donors (Lipinski definition) is 0. The summed E-state index contributed by atoms with van der Waals surface area (Å²) in [5, 5.41) is 12.7. The fourth-order valence-electron chi connectivity index (χ4n) is 11.1. The lowest BCUT2D eigenvalue weighted by Gasteiger charge is -2.27. The van der Waals surface area contributed by atoms with Gasteiger partial charge in [0.1, 0.15) is 0 Å². The zero-order valence-electron chi connectivity index (χ0n) is 33.7. The maximum absolute atomic E-state index is 2.51. The lowest BCUT2D eigenvalue weighted by molar-refractivity contribution is 1.17. The standard InChI is InChI=1S/C60H36N2/c1-4-19-41-38(16-1)39-17-2-5-20-42(39)51-36-53-49-26-15-31-59(62-57-29-13-9-24-47(57)48-25-10-14-30-58(48)62)60(49)54-34-37(61-55-27-11-7-22-45(55)46-23-8-12-28-56(46)61)32-33-44(54)40-18-3-6-21-43(40)52(53)35-50(41)51/h1-36H. The summed E-state index contributed by atoms with van der Waals surface area (Å²) >= 11 is 0. The maximum Gasteiger partial charge on any atom is 0.0547 e. The number of para-hydroxylation sites is 4. The Labute approximate surface area is 357 Å². The number of aromatic nitrogens is 2. The zero-order chi connectivity index (χ0) is 40.5. The zero-order valence-corrected chi connectivity index (χ0v) is 33.7. The van der Waals surface area contributed by atoms with Crippen molar-refractivity contribution in [1.29, 1.82) is 0 Å². The van der Waals surface area contributed by atoms with Crippen LogP contribution >= 0.6 is 0 Å². The fourth-order valence-corrected chi connectivity index (χ4v) is 11.1. The van der Waals surface area contributed by atoms with Gasteiger partial charge in [0.2, 0.25) is 0 Å². The van der Waals surface area contributed by atoms with Gasteiger partial charge >= 0.3 is 0 Å². The van der Waals surface area contributed by atoms with Crippen LogP contribution in [0.4, 0.5) is 0 Å². The third-order valence-corrected chi connectivity index (χ3v) is 13.7. The lowest BCUT2D eigenvalue weighted by Crippen LogP contribution is -2.04. The molecule has 2 heterocycles. The van der Waals surface area contributed by atoms with Crippen LogP contribution in [-0.4, -0.2) is 9.13 Å². The van der Waals surface area contributed by atoms with Crippen LogP contribution in [0.2, 0.25) is 0 Å². The van der Waals surface area contributed by atoms with Crippen LogP contribution in [0.15, 0.2) is 218 Å². The quantitative estimate of drug-likeness (QED) is 0.155. The van der Waals surface area contributed by atoms with E-state index in [1.165, 1.54) is 120 Å². The van der Waals surface area contributed by atoms with Crippen molar-refractivity contribution in [1.82, 2.24) is 9.13 Å². The van der Waals surface area contributed by atoms with Gasteiger partial charge in [-0.1, -0.05) is 164 Å². The first-order valence-electron chi connectivity index (χ1n) is 21.5. The summed E-state index contributed by atoms with van der Waals surface area (Å²) in [6.07, 6.45) is 0. The van der Waals surface area contributed by atoms with Crippen molar-refractivity contribution in [2.24, 2.45) is 0 Å². The molecular weight excluding hydrogens is 749 g/mol. The summed E-state index contributed by atoms with van der Waals surface area (Å²) in [6, 6.07) is 81.5. The van der Waals surface area contributed by atoms with Crippen LogP contribution < -0.4 is 0 Å². The Bertz CT molecular complexity index is 3940. The number of nitrogens with zero attached hydrogens (tertiary/aromatic N) is 2. The molecule has 1 aliphatic rings. The Balaban J connectivity index is 1.18. The number of benzene rings is 11. The van der Waals surface area contributed by atoms with Gasteiger partial charge in [-0.15, -0.1) is 0 Å². The van der Waals surface area contributed by atoms with Gasteiger partial charge < -0.3 is 9.13 Å². The van der Waals surface area contributed by atoms with Crippen molar-refractivity contribution in [2.75, 3.05) is 0 Å². The number of fused-ring (bicyclic) bond motifs is 20. The smallest absolute Gasteiger partial charge is 0.0547 e. The largest absolute Gasteiger partial charge is 0.309 e. The predicted octanol–water partition coefficient (Wildman–Crippen LogP) is 16.3. The van der Waals surface area contributed by atoms with E-state index >= 15 is 0 Å². The van der Waals surface area contributed by atoms with Crippen LogP contribution in [-0.2, 0) is 0 Å². The van der Waals surface area contributed by atoms with Gasteiger partial charge in [-0.05, 0) is 126 Å². The van der Waals surface area contributed by atoms with Crippen LogP contribution in [0.5, 0.6) is 0 Å². The second-order valence-corrected chi connectivity index (χ2v) is 16.7. The molecule has 286 valence electrons. The normalized spacial score (nSPS) is 12.2. The van der Waals surface area contributed by atoms with Crippen LogP contribution in [0, 0.1) is 0 Å². The van der Waals surface area contributed by atoms with Gasteiger partial charge in [0.05, 0.1) is 27.8 Å². The van der Waals surface area contributed by atoms with Gasteiger partial charge in [0.25, 0.3) is 0 Å². The molecule has 0 N–H and O–H groups in total. The van der Waals surface area contributed by atoms with Gasteiger partial charge in [-0.2, -0.15) is 0 Å². The minimum atomic E-state index is 1.14. The molecule has 0 fully saturated rings. The van der Waals surface area contributed by atoms with E-state index in [1.54, 1.807) is 0 Å². The average molecular weight is 785 g/mol. The van der Waals surface area contributed by atoms with Gasteiger partial charge in [0, 0.05) is 32.8 Å². The third-order valence-electron chi connectivity index (χ3n) is 13.7. The molecule has 14 rings (SSSR count). The molecule has 0 radical (unpaired) electrons. The summed E-state index contributed by atoms with van der Waals surface area (Å²) in [5.74, 6) is 0. The maximum atomic E-state index is 2.51. The Morgan fingerprint density at radius 2 is 0.581 bits per heavy atom. The SMILES string of the molecule is c1ccc2c(c1)-c1cc3c4ccccc4c4ccccc4c3cc1-c1cccc(-n3c4ccccc4c4ccccc43)c1-c1cc(-n3c4ccccc4c4ccccc43)ccc1-2.